The van der Waals surface area contributed by atoms with Crippen LogP contribution in [0.4, 0.5) is 0 Å². The van der Waals surface area contributed by atoms with Gasteiger partial charge in [0.05, 0.1) is 11.7 Å². The van der Waals surface area contributed by atoms with E-state index in [0.717, 1.165) is 32.9 Å². The van der Waals surface area contributed by atoms with Crippen LogP contribution in [0, 0.1) is 0 Å². The maximum Gasteiger partial charge on any atom is 0.298 e. The molecule has 0 unspecified atom stereocenters. The summed E-state index contributed by atoms with van der Waals surface area (Å²) in [5.41, 5.74) is 10.4. The Bertz CT molecular complexity index is 1130. The van der Waals surface area contributed by atoms with Crippen LogP contribution >= 0.6 is 0 Å². The monoisotopic (exact) mass is 358 g/mol. The molecule has 2 aromatic carbocycles. The van der Waals surface area contributed by atoms with Crippen LogP contribution in [0.25, 0.3) is 21.8 Å². The molecular weight excluding hydrogens is 338 g/mol. The number of hydrogen-bond donors (Lipinski definition) is 3. The quantitative estimate of drug-likeness (QED) is 0.376. The highest BCUT2D eigenvalue weighted by Crippen LogP contribution is 2.18. The molecule has 0 saturated heterocycles. The molecule has 1 atom stereocenters. The van der Waals surface area contributed by atoms with Crippen molar-refractivity contribution in [1.82, 2.24) is 15.4 Å². The zero-order valence-electron chi connectivity index (χ0n) is 14.7. The van der Waals surface area contributed by atoms with Gasteiger partial charge < -0.3 is 10.7 Å². The molecule has 2 aromatic heterocycles. The van der Waals surface area contributed by atoms with Gasteiger partial charge in [0.1, 0.15) is 0 Å². The van der Waals surface area contributed by atoms with Gasteiger partial charge in [0, 0.05) is 40.7 Å². The summed E-state index contributed by atoms with van der Waals surface area (Å²) in [7, 11) is 0. The second kappa shape index (κ2) is 7.39. The molecule has 5 N–H and O–H groups in total. The molecule has 0 bridgehead atoms. The molecule has 0 spiro atoms. The average molecular weight is 358 g/mol. The van der Waals surface area contributed by atoms with Crippen LogP contribution in [-0.4, -0.2) is 28.1 Å². The Morgan fingerprint density at radius 1 is 1.19 bits per heavy atom. The van der Waals surface area contributed by atoms with Crippen LogP contribution in [0.2, 0.25) is 0 Å². The lowest BCUT2D eigenvalue weighted by molar-refractivity contribution is -0.403. The number of hydrogen-bond acceptors (Lipinski definition) is 3. The predicted octanol–water partition coefficient (Wildman–Crippen LogP) is 2.02. The standard InChI is InChI=1S/C21H19N5O/c22-18(11-16-12-24-19-9-2-1-8-17(16)19)21(27)26-25-13-15-6-3-5-14-7-4-10-23-20(14)15/h1-10,12-13,18,24H,11,22H2,(H,26,27)/p+1/b25-13-/t18-/m0/s1. The summed E-state index contributed by atoms with van der Waals surface area (Å²) in [4.78, 5) is 19.9. The first-order valence-corrected chi connectivity index (χ1v) is 8.77. The number of rotatable bonds is 5. The number of amides is 1. The molecular formula is C21H20N5O+. The van der Waals surface area contributed by atoms with Crippen molar-refractivity contribution in [1.29, 1.82) is 0 Å². The van der Waals surface area contributed by atoms with E-state index in [0.29, 0.717) is 6.42 Å². The minimum absolute atomic E-state index is 0.218. The Morgan fingerprint density at radius 2 is 2.04 bits per heavy atom. The van der Waals surface area contributed by atoms with Gasteiger partial charge in [-0.1, -0.05) is 42.5 Å². The smallest absolute Gasteiger partial charge is 0.298 e. The summed E-state index contributed by atoms with van der Waals surface area (Å²) >= 11 is 0. The largest absolute Gasteiger partial charge is 0.361 e. The zero-order valence-corrected chi connectivity index (χ0v) is 14.7. The Morgan fingerprint density at radius 3 is 2.96 bits per heavy atom. The second-order valence-electron chi connectivity index (χ2n) is 6.42. The molecule has 2 heterocycles. The van der Waals surface area contributed by atoms with Gasteiger partial charge in [0.25, 0.3) is 5.91 Å². The van der Waals surface area contributed by atoms with E-state index in [4.69, 9.17) is 0 Å². The van der Waals surface area contributed by atoms with Crippen molar-refractivity contribution in [3.05, 3.63) is 78.1 Å². The van der Waals surface area contributed by atoms with E-state index in [-0.39, 0.29) is 5.91 Å². The molecule has 0 saturated carbocycles. The van der Waals surface area contributed by atoms with Crippen molar-refractivity contribution in [2.45, 2.75) is 12.5 Å². The minimum Gasteiger partial charge on any atom is -0.361 e. The summed E-state index contributed by atoms with van der Waals surface area (Å²) in [5, 5.41) is 6.24. The number of pyridine rings is 1. The Balaban J connectivity index is 1.43. The summed E-state index contributed by atoms with van der Waals surface area (Å²) in [6, 6.07) is 17.3. The Labute approximate surface area is 156 Å². The number of H-pyrrole nitrogens is 1. The topological polar surface area (TPSA) is 97.8 Å². The molecule has 0 aliphatic carbocycles. The molecule has 6 nitrogen and oxygen atoms in total. The number of benzene rings is 2. The lowest BCUT2D eigenvalue weighted by Gasteiger charge is -2.06. The molecule has 6 heteroatoms. The number of quaternary nitrogens is 1. The average Bonchev–Trinajstić information content (AvgIpc) is 3.11. The van der Waals surface area contributed by atoms with E-state index in [1.165, 1.54) is 0 Å². The van der Waals surface area contributed by atoms with Gasteiger partial charge in [-0.15, -0.1) is 0 Å². The number of carbonyl (C=O) groups is 1. The molecule has 134 valence electrons. The number of hydrazone groups is 1. The summed E-state index contributed by atoms with van der Waals surface area (Å²) in [6.07, 6.45) is 5.83. The van der Waals surface area contributed by atoms with Crippen molar-refractivity contribution < 1.29 is 10.5 Å². The second-order valence-corrected chi connectivity index (χ2v) is 6.42. The third kappa shape index (κ3) is 3.56. The van der Waals surface area contributed by atoms with E-state index in [9.17, 15) is 4.79 Å². The highest BCUT2D eigenvalue weighted by molar-refractivity contribution is 5.97. The van der Waals surface area contributed by atoms with Crippen LogP contribution in [0.5, 0.6) is 0 Å². The first kappa shape index (κ1) is 16.9. The molecule has 1 amide bonds. The predicted molar refractivity (Wildman–Crippen MR) is 106 cm³/mol. The lowest BCUT2D eigenvalue weighted by atomic mass is 10.1. The van der Waals surface area contributed by atoms with Gasteiger partial charge in [0.2, 0.25) is 0 Å². The summed E-state index contributed by atoms with van der Waals surface area (Å²) in [6.45, 7) is 0. The summed E-state index contributed by atoms with van der Waals surface area (Å²) in [5.74, 6) is -0.218. The maximum absolute atomic E-state index is 12.3. The van der Waals surface area contributed by atoms with E-state index < -0.39 is 6.04 Å². The normalized spacial score (nSPS) is 12.6. The molecule has 0 aliphatic heterocycles. The third-order valence-electron chi connectivity index (χ3n) is 4.55. The van der Waals surface area contributed by atoms with Crippen LogP contribution in [0.3, 0.4) is 0 Å². The number of aromatic nitrogens is 2. The first-order chi connectivity index (χ1) is 13.2. The van der Waals surface area contributed by atoms with Crippen molar-refractivity contribution in [3.63, 3.8) is 0 Å². The van der Waals surface area contributed by atoms with Crippen LogP contribution in [0.1, 0.15) is 11.1 Å². The van der Waals surface area contributed by atoms with Crippen LogP contribution in [-0.2, 0) is 11.2 Å². The highest BCUT2D eigenvalue weighted by Gasteiger charge is 2.19. The van der Waals surface area contributed by atoms with E-state index in [1.807, 2.05) is 60.8 Å². The zero-order chi connectivity index (χ0) is 18.6. The van der Waals surface area contributed by atoms with Crippen molar-refractivity contribution >= 4 is 33.9 Å². The number of fused-ring (bicyclic) bond motifs is 2. The highest BCUT2D eigenvalue weighted by atomic mass is 16.2. The Kier molecular flexibility index (Phi) is 4.63. The van der Waals surface area contributed by atoms with E-state index in [2.05, 4.69) is 26.2 Å². The van der Waals surface area contributed by atoms with Crippen molar-refractivity contribution in [2.75, 3.05) is 0 Å². The van der Waals surface area contributed by atoms with Crippen LogP contribution in [0.15, 0.2) is 72.1 Å². The molecule has 27 heavy (non-hydrogen) atoms. The Hall–Kier alpha value is -3.51. The fraction of sp³-hybridized carbons (Fsp3) is 0.0952. The number of nitrogens with one attached hydrogen (secondary N) is 2. The van der Waals surface area contributed by atoms with Gasteiger partial charge in [-0.25, -0.2) is 5.43 Å². The van der Waals surface area contributed by atoms with Gasteiger partial charge >= 0.3 is 0 Å². The SMILES string of the molecule is [NH3+][C@@H](Cc1c[nH]c2ccccc12)C(=O)N/N=C\c1cccc2cccnc12. The number of aromatic amines is 1. The van der Waals surface area contributed by atoms with Gasteiger partial charge in [-0.05, 0) is 17.7 Å². The van der Waals surface area contributed by atoms with Crippen molar-refractivity contribution in [2.24, 2.45) is 5.10 Å². The van der Waals surface area contributed by atoms with Gasteiger partial charge in [-0.3, -0.25) is 9.78 Å². The number of nitrogens with zero attached hydrogens (tertiary/aromatic N) is 2. The van der Waals surface area contributed by atoms with E-state index >= 15 is 0 Å². The van der Waals surface area contributed by atoms with Crippen LogP contribution < -0.4 is 11.2 Å². The maximum atomic E-state index is 12.3. The number of para-hydroxylation sites is 2. The van der Waals surface area contributed by atoms with Gasteiger partial charge in [-0.2, -0.15) is 5.10 Å². The molecule has 0 fully saturated rings. The van der Waals surface area contributed by atoms with Gasteiger partial charge in [0.15, 0.2) is 6.04 Å². The minimum atomic E-state index is -0.438. The third-order valence-corrected chi connectivity index (χ3v) is 4.55. The molecule has 0 aliphatic rings. The first-order valence-electron chi connectivity index (χ1n) is 8.77. The van der Waals surface area contributed by atoms with Crippen molar-refractivity contribution in [3.8, 4) is 0 Å². The fourth-order valence-electron chi connectivity index (χ4n) is 3.15. The summed E-state index contributed by atoms with van der Waals surface area (Å²) < 4.78 is 0. The number of carbonyl (C=O) groups excluding carboxylic acids is 1. The molecule has 4 rings (SSSR count). The fourth-order valence-corrected chi connectivity index (χ4v) is 3.15. The molecule has 0 radical (unpaired) electrons. The molecule has 4 aromatic rings. The van der Waals surface area contributed by atoms with E-state index in [1.54, 1.807) is 12.4 Å². The lowest BCUT2D eigenvalue weighted by Crippen LogP contribution is -2.68.